The number of carboxylic acids is 1. The molecule has 0 aliphatic rings. The number of aromatic nitrogens is 1. The van der Waals surface area contributed by atoms with Crippen molar-refractivity contribution in [2.24, 2.45) is 0 Å². The monoisotopic (exact) mass is 341 g/mol. The van der Waals surface area contributed by atoms with Crippen LogP contribution >= 0.6 is 27.5 Å². The second-order valence-electron chi connectivity index (χ2n) is 4.18. The summed E-state index contributed by atoms with van der Waals surface area (Å²) in [5.41, 5.74) is 1.94. The lowest BCUT2D eigenvalue weighted by Crippen LogP contribution is -2.09. The summed E-state index contributed by atoms with van der Waals surface area (Å²) >= 11 is 9.62. The lowest BCUT2D eigenvalue weighted by Gasteiger charge is -2.12. The van der Waals surface area contributed by atoms with E-state index in [4.69, 9.17) is 11.6 Å². The van der Waals surface area contributed by atoms with Gasteiger partial charge >= 0.3 is 5.97 Å². The van der Waals surface area contributed by atoms with Gasteiger partial charge in [-0.2, -0.15) is 0 Å². The Morgan fingerprint density at radius 2 is 2.11 bits per heavy atom. The molecule has 0 saturated carbocycles. The molecule has 0 unspecified atom stereocenters. The molecule has 2 aromatic rings. The summed E-state index contributed by atoms with van der Waals surface area (Å²) < 4.78 is 2.70. The molecule has 0 aliphatic heterocycles. The van der Waals surface area contributed by atoms with Crippen molar-refractivity contribution in [3.05, 3.63) is 45.5 Å². The normalized spacial score (nSPS) is 10.7. The fourth-order valence-electron chi connectivity index (χ4n) is 2.05. The Kier molecular flexibility index (Phi) is 4.32. The van der Waals surface area contributed by atoms with Crippen LogP contribution in [0.4, 0.5) is 0 Å². The van der Waals surface area contributed by atoms with Crippen molar-refractivity contribution >= 4 is 33.5 Å². The Bertz CT molecular complexity index is 622. The highest BCUT2D eigenvalue weighted by Crippen LogP contribution is 2.32. The zero-order valence-corrected chi connectivity index (χ0v) is 12.7. The highest BCUT2D eigenvalue weighted by Gasteiger charge is 2.16. The molecule has 1 heterocycles. The fraction of sp³-hybridized carbons (Fsp3) is 0.214. The lowest BCUT2D eigenvalue weighted by molar-refractivity contribution is 0.0685. The third kappa shape index (κ3) is 2.85. The van der Waals surface area contributed by atoms with Crippen molar-refractivity contribution in [2.75, 3.05) is 0 Å². The Hall–Kier alpha value is -1.26. The third-order valence-electron chi connectivity index (χ3n) is 2.85. The number of carbonyl (C=O) groups is 1. The SMILES string of the molecule is CCCn1c(C(=O)O)ccc1-c1cc(Br)ccc1Cl. The quantitative estimate of drug-likeness (QED) is 0.876. The van der Waals surface area contributed by atoms with Gasteiger partial charge in [0.25, 0.3) is 0 Å². The molecule has 0 atom stereocenters. The van der Waals surface area contributed by atoms with Gasteiger partial charge in [-0.05, 0) is 36.8 Å². The fourth-order valence-corrected chi connectivity index (χ4v) is 2.62. The van der Waals surface area contributed by atoms with Gasteiger partial charge in [-0.15, -0.1) is 0 Å². The molecule has 0 amide bonds. The van der Waals surface area contributed by atoms with Gasteiger partial charge in [-0.1, -0.05) is 34.5 Å². The Morgan fingerprint density at radius 1 is 1.37 bits per heavy atom. The van der Waals surface area contributed by atoms with Crippen molar-refractivity contribution in [1.82, 2.24) is 4.57 Å². The van der Waals surface area contributed by atoms with Crippen LogP contribution in [0.25, 0.3) is 11.3 Å². The number of hydrogen-bond acceptors (Lipinski definition) is 1. The van der Waals surface area contributed by atoms with Crippen molar-refractivity contribution in [2.45, 2.75) is 19.9 Å². The predicted octanol–water partition coefficient (Wildman–Crippen LogP) is 4.68. The molecule has 5 heteroatoms. The van der Waals surface area contributed by atoms with E-state index in [1.807, 2.05) is 19.1 Å². The van der Waals surface area contributed by atoms with Gasteiger partial charge in [0.2, 0.25) is 0 Å². The number of carboxylic acid groups (broad SMARTS) is 1. The van der Waals surface area contributed by atoms with Crippen LogP contribution in [0.15, 0.2) is 34.8 Å². The molecule has 0 spiro atoms. The molecule has 0 radical (unpaired) electrons. The molecular formula is C14H13BrClNO2. The molecule has 1 N–H and O–H groups in total. The molecule has 19 heavy (non-hydrogen) atoms. The average molecular weight is 343 g/mol. The van der Waals surface area contributed by atoms with Crippen LogP contribution in [0.2, 0.25) is 5.02 Å². The summed E-state index contributed by atoms with van der Waals surface area (Å²) in [6.45, 7) is 2.66. The second-order valence-corrected chi connectivity index (χ2v) is 5.51. The minimum absolute atomic E-state index is 0.285. The molecule has 0 aliphatic carbocycles. The van der Waals surface area contributed by atoms with Crippen LogP contribution in [0, 0.1) is 0 Å². The van der Waals surface area contributed by atoms with Gasteiger partial charge in [-0.25, -0.2) is 4.79 Å². The topological polar surface area (TPSA) is 42.2 Å². The molecule has 0 saturated heterocycles. The smallest absolute Gasteiger partial charge is 0.352 e. The van der Waals surface area contributed by atoms with E-state index >= 15 is 0 Å². The van der Waals surface area contributed by atoms with E-state index in [2.05, 4.69) is 15.9 Å². The van der Waals surface area contributed by atoms with Crippen molar-refractivity contribution in [3.8, 4) is 11.3 Å². The molecule has 0 bridgehead atoms. The molecule has 3 nitrogen and oxygen atoms in total. The maximum absolute atomic E-state index is 11.2. The van der Waals surface area contributed by atoms with Gasteiger partial charge in [0.05, 0.1) is 5.69 Å². The first-order valence-corrected chi connectivity index (χ1v) is 7.10. The van der Waals surface area contributed by atoms with Gasteiger partial charge in [0.15, 0.2) is 0 Å². The van der Waals surface area contributed by atoms with Crippen LogP contribution in [0.1, 0.15) is 23.8 Å². The van der Waals surface area contributed by atoms with Gasteiger partial charge < -0.3 is 9.67 Å². The highest BCUT2D eigenvalue weighted by molar-refractivity contribution is 9.10. The van der Waals surface area contributed by atoms with Crippen LogP contribution < -0.4 is 0 Å². The zero-order valence-electron chi connectivity index (χ0n) is 10.4. The largest absolute Gasteiger partial charge is 0.477 e. The van der Waals surface area contributed by atoms with Gasteiger partial charge in [0, 0.05) is 21.6 Å². The lowest BCUT2D eigenvalue weighted by atomic mass is 10.1. The summed E-state index contributed by atoms with van der Waals surface area (Å²) in [5.74, 6) is -0.925. The molecule has 1 aromatic heterocycles. The summed E-state index contributed by atoms with van der Waals surface area (Å²) in [7, 11) is 0. The van der Waals surface area contributed by atoms with E-state index in [1.54, 1.807) is 22.8 Å². The summed E-state index contributed by atoms with van der Waals surface area (Å²) in [6.07, 6.45) is 0.855. The van der Waals surface area contributed by atoms with Crippen LogP contribution in [-0.2, 0) is 6.54 Å². The maximum atomic E-state index is 11.2. The number of nitrogens with zero attached hydrogens (tertiary/aromatic N) is 1. The van der Waals surface area contributed by atoms with E-state index in [0.717, 1.165) is 22.2 Å². The first-order valence-electron chi connectivity index (χ1n) is 5.92. The first kappa shape index (κ1) is 14.2. The number of aromatic carboxylic acids is 1. The first-order chi connectivity index (χ1) is 9.04. The zero-order chi connectivity index (χ0) is 14.0. The third-order valence-corrected chi connectivity index (χ3v) is 3.67. The number of rotatable bonds is 4. The van der Waals surface area contributed by atoms with Crippen molar-refractivity contribution in [3.63, 3.8) is 0 Å². The summed E-state index contributed by atoms with van der Waals surface area (Å²) in [5, 5.41) is 9.82. The number of benzene rings is 1. The summed E-state index contributed by atoms with van der Waals surface area (Å²) in [4.78, 5) is 11.2. The molecule has 0 fully saturated rings. The van der Waals surface area contributed by atoms with Gasteiger partial charge in [-0.3, -0.25) is 0 Å². The highest BCUT2D eigenvalue weighted by atomic mass is 79.9. The molecular weight excluding hydrogens is 330 g/mol. The minimum atomic E-state index is -0.925. The van der Waals surface area contributed by atoms with E-state index < -0.39 is 5.97 Å². The van der Waals surface area contributed by atoms with Crippen LogP contribution in [0.5, 0.6) is 0 Å². The second kappa shape index (κ2) is 5.80. The minimum Gasteiger partial charge on any atom is -0.477 e. The summed E-state index contributed by atoms with van der Waals surface area (Å²) in [6, 6.07) is 8.97. The number of hydrogen-bond donors (Lipinski definition) is 1. The predicted molar refractivity (Wildman–Crippen MR) is 79.8 cm³/mol. The van der Waals surface area contributed by atoms with E-state index in [9.17, 15) is 9.90 Å². The Morgan fingerprint density at radius 3 is 2.74 bits per heavy atom. The van der Waals surface area contributed by atoms with Crippen molar-refractivity contribution < 1.29 is 9.90 Å². The van der Waals surface area contributed by atoms with E-state index in [-0.39, 0.29) is 5.69 Å². The number of halogens is 2. The van der Waals surface area contributed by atoms with Crippen LogP contribution in [-0.4, -0.2) is 15.6 Å². The maximum Gasteiger partial charge on any atom is 0.352 e. The van der Waals surface area contributed by atoms with Gasteiger partial charge in [0.1, 0.15) is 5.69 Å². The standard InChI is InChI=1S/C14H13BrClNO2/c1-2-7-17-12(5-6-13(17)14(18)19)10-8-9(15)3-4-11(10)16/h3-6,8H,2,7H2,1H3,(H,18,19). The average Bonchev–Trinajstić information content (AvgIpc) is 2.76. The van der Waals surface area contributed by atoms with E-state index in [1.165, 1.54) is 0 Å². The van der Waals surface area contributed by atoms with Crippen LogP contribution in [0.3, 0.4) is 0 Å². The molecule has 2 rings (SSSR count). The Labute approximate surface area is 124 Å². The van der Waals surface area contributed by atoms with E-state index in [0.29, 0.717) is 11.6 Å². The molecule has 100 valence electrons. The Balaban J connectivity index is 2.61. The molecule has 1 aromatic carbocycles. The van der Waals surface area contributed by atoms with Crippen molar-refractivity contribution in [1.29, 1.82) is 0 Å².